The predicted octanol–water partition coefficient (Wildman–Crippen LogP) is 1.54. The molecule has 0 bridgehead atoms. The minimum absolute atomic E-state index is 0.202. The molecule has 0 aliphatic heterocycles. The number of nitrogens with zero attached hydrogens (tertiary/aromatic N) is 2. The monoisotopic (exact) mass is 267 g/mol. The Balaban J connectivity index is 2.75. The van der Waals surface area contributed by atoms with Gasteiger partial charge in [0, 0.05) is 12.1 Å². The van der Waals surface area contributed by atoms with E-state index in [-0.39, 0.29) is 12.5 Å². The number of aromatic nitrogens is 2. The van der Waals surface area contributed by atoms with Crippen molar-refractivity contribution in [1.29, 1.82) is 0 Å². The van der Waals surface area contributed by atoms with Gasteiger partial charge < -0.3 is 21.1 Å². The van der Waals surface area contributed by atoms with Gasteiger partial charge >= 0.3 is 6.09 Å². The van der Waals surface area contributed by atoms with E-state index in [0.29, 0.717) is 6.54 Å². The molecule has 1 aromatic rings. The summed E-state index contributed by atoms with van der Waals surface area (Å²) in [6, 6.07) is 0. The van der Waals surface area contributed by atoms with E-state index in [9.17, 15) is 4.79 Å². The lowest BCUT2D eigenvalue weighted by Crippen LogP contribution is -2.19. The van der Waals surface area contributed by atoms with E-state index in [1.807, 2.05) is 6.92 Å². The van der Waals surface area contributed by atoms with Crippen molar-refractivity contribution in [3.8, 4) is 0 Å². The standard InChI is InChI=1S/C12H21N5O2/c1-4-14-10-9(8(2)3)11(17-7-16-10)15-5-6-19-12(13)18/h7-8H,4-6H2,1-3H3,(H2,13,18)(H2,14,15,16,17). The van der Waals surface area contributed by atoms with Gasteiger partial charge in [0.05, 0.1) is 6.54 Å². The zero-order chi connectivity index (χ0) is 14.3. The predicted molar refractivity (Wildman–Crippen MR) is 74.3 cm³/mol. The van der Waals surface area contributed by atoms with E-state index in [1.165, 1.54) is 6.33 Å². The van der Waals surface area contributed by atoms with Crippen molar-refractivity contribution in [2.75, 3.05) is 30.3 Å². The first kappa shape index (κ1) is 15.0. The molecule has 1 rings (SSSR count). The van der Waals surface area contributed by atoms with Crippen LogP contribution in [0.4, 0.5) is 16.4 Å². The molecule has 0 aliphatic rings. The molecule has 0 radical (unpaired) electrons. The van der Waals surface area contributed by atoms with Gasteiger partial charge in [0.1, 0.15) is 24.6 Å². The Bertz CT molecular complexity index is 423. The zero-order valence-corrected chi connectivity index (χ0v) is 11.6. The molecule has 7 nitrogen and oxygen atoms in total. The second-order valence-electron chi connectivity index (χ2n) is 4.26. The van der Waals surface area contributed by atoms with E-state index >= 15 is 0 Å². The summed E-state index contributed by atoms with van der Waals surface area (Å²) in [5.74, 6) is 1.84. The molecule has 0 fully saturated rings. The number of nitrogens with one attached hydrogen (secondary N) is 2. The number of carbonyl (C=O) groups excluding carboxylic acids is 1. The molecule has 0 aliphatic carbocycles. The number of ether oxygens (including phenoxy) is 1. The lowest BCUT2D eigenvalue weighted by Gasteiger charge is -2.17. The molecule has 0 unspecified atom stereocenters. The Labute approximate surface area is 113 Å². The number of carbonyl (C=O) groups is 1. The molecular weight excluding hydrogens is 246 g/mol. The zero-order valence-electron chi connectivity index (χ0n) is 11.6. The molecule has 4 N–H and O–H groups in total. The third-order valence-corrected chi connectivity index (χ3v) is 2.44. The molecule has 0 saturated heterocycles. The summed E-state index contributed by atoms with van der Waals surface area (Å²) < 4.78 is 4.66. The molecule has 0 aromatic carbocycles. The van der Waals surface area contributed by atoms with E-state index in [4.69, 9.17) is 5.73 Å². The summed E-state index contributed by atoms with van der Waals surface area (Å²) in [5.41, 5.74) is 5.91. The van der Waals surface area contributed by atoms with Crippen LogP contribution in [-0.4, -0.2) is 35.8 Å². The summed E-state index contributed by atoms with van der Waals surface area (Å²) in [6.45, 7) is 7.61. The number of anilines is 2. The summed E-state index contributed by atoms with van der Waals surface area (Å²) in [4.78, 5) is 18.9. The Hall–Kier alpha value is -2.05. The maximum atomic E-state index is 10.5. The molecule has 106 valence electrons. The maximum Gasteiger partial charge on any atom is 0.404 e. The van der Waals surface area contributed by atoms with Gasteiger partial charge in [-0.3, -0.25) is 0 Å². The van der Waals surface area contributed by atoms with E-state index < -0.39 is 6.09 Å². The highest BCUT2D eigenvalue weighted by molar-refractivity contribution is 5.64. The largest absolute Gasteiger partial charge is 0.448 e. The number of primary amides is 1. The number of nitrogens with two attached hydrogens (primary N) is 1. The minimum atomic E-state index is -0.776. The third kappa shape index (κ3) is 4.61. The highest BCUT2D eigenvalue weighted by Crippen LogP contribution is 2.27. The average molecular weight is 267 g/mol. The van der Waals surface area contributed by atoms with Crippen molar-refractivity contribution < 1.29 is 9.53 Å². The maximum absolute atomic E-state index is 10.5. The SMILES string of the molecule is CCNc1ncnc(NCCOC(N)=O)c1C(C)C. The van der Waals surface area contributed by atoms with Crippen molar-refractivity contribution in [1.82, 2.24) is 9.97 Å². The van der Waals surface area contributed by atoms with Gasteiger partial charge in [0.25, 0.3) is 0 Å². The first-order valence-corrected chi connectivity index (χ1v) is 6.31. The normalized spacial score (nSPS) is 10.3. The van der Waals surface area contributed by atoms with Gasteiger partial charge in [-0.2, -0.15) is 0 Å². The second-order valence-corrected chi connectivity index (χ2v) is 4.26. The van der Waals surface area contributed by atoms with Crippen LogP contribution in [-0.2, 0) is 4.74 Å². The van der Waals surface area contributed by atoms with Crippen LogP contribution >= 0.6 is 0 Å². The molecule has 1 aromatic heterocycles. The highest BCUT2D eigenvalue weighted by Gasteiger charge is 2.14. The van der Waals surface area contributed by atoms with Crippen molar-refractivity contribution in [2.45, 2.75) is 26.7 Å². The number of hydrogen-bond acceptors (Lipinski definition) is 6. The third-order valence-electron chi connectivity index (χ3n) is 2.44. The summed E-state index contributed by atoms with van der Waals surface area (Å²) >= 11 is 0. The average Bonchev–Trinajstić information content (AvgIpc) is 2.34. The molecule has 0 spiro atoms. The van der Waals surface area contributed by atoms with Crippen LogP contribution in [0.2, 0.25) is 0 Å². The second kappa shape index (κ2) is 7.40. The highest BCUT2D eigenvalue weighted by atomic mass is 16.5. The fraction of sp³-hybridized carbons (Fsp3) is 0.583. The summed E-state index contributed by atoms with van der Waals surface area (Å²) in [6.07, 6.45) is 0.725. The van der Waals surface area contributed by atoms with Crippen LogP contribution in [0.3, 0.4) is 0 Å². The molecule has 0 saturated carbocycles. The molecule has 7 heteroatoms. The Morgan fingerprint density at radius 3 is 2.53 bits per heavy atom. The Morgan fingerprint density at radius 2 is 2.00 bits per heavy atom. The van der Waals surface area contributed by atoms with Crippen LogP contribution in [0.15, 0.2) is 6.33 Å². The molecular formula is C12H21N5O2. The van der Waals surface area contributed by atoms with Gasteiger partial charge in [0.15, 0.2) is 0 Å². The van der Waals surface area contributed by atoms with Crippen LogP contribution in [0, 0.1) is 0 Å². The van der Waals surface area contributed by atoms with E-state index in [2.05, 4.69) is 39.2 Å². The van der Waals surface area contributed by atoms with Crippen LogP contribution in [0.5, 0.6) is 0 Å². The van der Waals surface area contributed by atoms with Crippen LogP contribution in [0.25, 0.3) is 0 Å². The Kier molecular flexibility index (Phi) is 5.84. The van der Waals surface area contributed by atoms with Gasteiger partial charge in [-0.15, -0.1) is 0 Å². The van der Waals surface area contributed by atoms with Gasteiger partial charge in [-0.1, -0.05) is 13.8 Å². The van der Waals surface area contributed by atoms with Crippen molar-refractivity contribution >= 4 is 17.7 Å². The fourth-order valence-corrected chi connectivity index (χ4v) is 1.71. The van der Waals surface area contributed by atoms with E-state index in [0.717, 1.165) is 23.7 Å². The smallest absolute Gasteiger partial charge is 0.404 e. The van der Waals surface area contributed by atoms with Gasteiger partial charge in [-0.05, 0) is 12.8 Å². The number of rotatable bonds is 7. The quantitative estimate of drug-likeness (QED) is 0.648. The van der Waals surface area contributed by atoms with Gasteiger partial charge in [0.2, 0.25) is 0 Å². The number of hydrogen-bond donors (Lipinski definition) is 3. The fourth-order valence-electron chi connectivity index (χ4n) is 1.71. The Morgan fingerprint density at radius 1 is 1.37 bits per heavy atom. The lowest BCUT2D eigenvalue weighted by atomic mass is 10.0. The summed E-state index contributed by atoms with van der Waals surface area (Å²) in [5, 5.41) is 6.33. The van der Waals surface area contributed by atoms with Crippen molar-refractivity contribution in [3.05, 3.63) is 11.9 Å². The molecule has 1 amide bonds. The van der Waals surface area contributed by atoms with Crippen molar-refractivity contribution in [2.24, 2.45) is 5.73 Å². The minimum Gasteiger partial charge on any atom is -0.448 e. The first-order valence-electron chi connectivity index (χ1n) is 6.31. The molecule has 1 heterocycles. The van der Waals surface area contributed by atoms with Gasteiger partial charge in [-0.25, -0.2) is 14.8 Å². The lowest BCUT2D eigenvalue weighted by molar-refractivity contribution is 0.161. The van der Waals surface area contributed by atoms with Crippen molar-refractivity contribution in [3.63, 3.8) is 0 Å². The summed E-state index contributed by atoms with van der Waals surface area (Å²) in [7, 11) is 0. The molecule has 0 atom stereocenters. The number of amides is 1. The van der Waals surface area contributed by atoms with Crippen LogP contribution < -0.4 is 16.4 Å². The first-order chi connectivity index (χ1) is 9.06. The topological polar surface area (TPSA) is 102 Å². The van der Waals surface area contributed by atoms with E-state index in [1.54, 1.807) is 0 Å². The molecule has 19 heavy (non-hydrogen) atoms. The van der Waals surface area contributed by atoms with Crippen LogP contribution in [0.1, 0.15) is 32.3 Å².